The van der Waals surface area contributed by atoms with Gasteiger partial charge < -0.3 is 9.84 Å². The number of thiophene rings is 1. The van der Waals surface area contributed by atoms with Gasteiger partial charge >= 0.3 is 0 Å². The molecule has 3 aromatic rings. The number of nitrogens with zero attached hydrogens (tertiary/aromatic N) is 3. The minimum atomic E-state index is -3.63. The van der Waals surface area contributed by atoms with Crippen molar-refractivity contribution in [1.82, 2.24) is 14.4 Å². The number of hydrogen-bond donors (Lipinski definition) is 1. The Morgan fingerprint density at radius 3 is 2.56 bits per heavy atom. The molecule has 8 nitrogen and oxygen atoms in total. The number of hydrogen-bond acceptors (Lipinski definition) is 7. The van der Waals surface area contributed by atoms with Crippen LogP contribution in [0.2, 0.25) is 0 Å². The molecule has 1 aliphatic carbocycles. The molecule has 0 spiro atoms. The predicted octanol–water partition coefficient (Wildman–Crippen LogP) is 4.67. The Labute approximate surface area is 203 Å². The van der Waals surface area contributed by atoms with Crippen molar-refractivity contribution >= 4 is 33.0 Å². The van der Waals surface area contributed by atoms with E-state index in [9.17, 15) is 13.2 Å². The number of carbonyl (C=O) groups excluding carboxylic acids is 1. The van der Waals surface area contributed by atoms with Crippen molar-refractivity contribution in [3.05, 3.63) is 47.2 Å². The average molecular weight is 501 g/mol. The molecule has 2 fully saturated rings. The molecule has 3 heterocycles. The Kier molecular flexibility index (Phi) is 6.54. The van der Waals surface area contributed by atoms with Gasteiger partial charge in [0.15, 0.2) is 0 Å². The van der Waals surface area contributed by atoms with E-state index in [4.69, 9.17) is 4.52 Å². The lowest BCUT2D eigenvalue weighted by Gasteiger charge is -2.30. The van der Waals surface area contributed by atoms with Gasteiger partial charge in [0.1, 0.15) is 4.21 Å². The minimum absolute atomic E-state index is 0.0564. The summed E-state index contributed by atoms with van der Waals surface area (Å²) in [6, 6.07) is 9.44. The standard InChI is InChI=1S/C24H28N4O4S2/c1-2-16-6-8-20(9-7-16)25-23(29)17-10-12-28(13-11-17)34(30,31)21-14-19(15-33-21)22-26-24(32-27-22)18-4-3-5-18/h6-9,14-15,17-18H,2-5,10-13H2,1H3,(H,25,29). The van der Waals surface area contributed by atoms with E-state index in [0.717, 1.165) is 36.3 Å². The van der Waals surface area contributed by atoms with Gasteiger partial charge in [0, 0.05) is 41.6 Å². The average Bonchev–Trinajstić information content (AvgIpc) is 3.49. The maximum atomic E-state index is 13.2. The molecule has 10 heteroatoms. The number of piperidine rings is 1. The summed E-state index contributed by atoms with van der Waals surface area (Å²) in [5.74, 6) is 1.14. The van der Waals surface area contributed by atoms with Crippen LogP contribution in [0.25, 0.3) is 11.4 Å². The fourth-order valence-electron chi connectivity index (χ4n) is 4.30. The molecule has 0 atom stereocenters. The normalized spacial score (nSPS) is 18.0. The first-order chi connectivity index (χ1) is 16.4. The quantitative estimate of drug-likeness (QED) is 0.506. The van der Waals surface area contributed by atoms with Crippen molar-refractivity contribution < 1.29 is 17.7 Å². The molecule has 0 bridgehead atoms. The van der Waals surface area contributed by atoms with Crippen LogP contribution < -0.4 is 5.32 Å². The van der Waals surface area contributed by atoms with Crippen LogP contribution in [0.5, 0.6) is 0 Å². The van der Waals surface area contributed by atoms with Gasteiger partial charge in [0.2, 0.25) is 17.6 Å². The van der Waals surface area contributed by atoms with Crippen LogP contribution >= 0.6 is 11.3 Å². The highest BCUT2D eigenvalue weighted by atomic mass is 32.2. The molecule has 0 unspecified atom stereocenters. The van der Waals surface area contributed by atoms with E-state index >= 15 is 0 Å². The summed E-state index contributed by atoms with van der Waals surface area (Å²) in [7, 11) is -3.63. The summed E-state index contributed by atoms with van der Waals surface area (Å²) < 4.78 is 33.5. The van der Waals surface area contributed by atoms with Crippen LogP contribution in [0.4, 0.5) is 5.69 Å². The molecular formula is C24H28N4O4S2. The molecule has 180 valence electrons. The van der Waals surface area contributed by atoms with E-state index in [1.54, 1.807) is 11.4 Å². The molecule has 1 amide bonds. The van der Waals surface area contributed by atoms with E-state index in [0.29, 0.717) is 49.1 Å². The number of carbonyl (C=O) groups is 1. The highest BCUT2D eigenvalue weighted by Gasteiger charge is 2.33. The summed E-state index contributed by atoms with van der Waals surface area (Å²) in [4.78, 5) is 17.1. The Morgan fingerprint density at radius 1 is 1.18 bits per heavy atom. The van der Waals surface area contributed by atoms with Crippen LogP contribution in [0, 0.1) is 5.92 Å². The number of rotatable bonds is 7. The lowest BCUT2D eigenvalue weighted by Crippen LogP contribution is -2.41. The Bertz CT molecular complexity index is 1250. The Morgan fingerprint density at radius 2 is 1.91 bits per heavy atom. The van der Waals surface area contributed by atoms with E-state index in [2.05, 4.69) is 22.4 Å². The smallest absolute Gasteiger partial charge is 0.252 e. The van der Waals surface area contributed by atoms with E-state index in [-0.39, 0.29) is 16.0 Å². The van der Waals surface area contributed by atoms with Gasteiger partial charge in [-0.3, -0.25) is 4.79 Å². The molecule has 5 rings (SSSR count). The number of amides is 1. The van der Waals surface area contributed by atoms with Gasteiger partial charge in [-0.1, -0.05) is 30.6 Å². The van der Waals surface area contributed by atoms with Crippen molar-refractivity contribution in [2.45, 2.75) is 55.6 Å². The van der Waals surface area contributed by atoms with Crippen LogP contribution in [-0.4, -0.2) is 41.9 Å². The van der Waals surface area contributed by atoms with Gasteiger partial charge in [0.25, 0.3) is 10.0 Å². The fourth-order valence-corrected chi connectivity index (χ4v) is 7.08. The summed E-state index contributed by atoms with van der Waals surface area (Å²) in [5.41, 5.74) is 2.64. The lowest BCUT2D eigenvalue weighted by atomic mass is 9.85. The van der Waals surface area contributed by atoms with E-state index < -0.39 is 10.0 Å². The van der Waals surface area contributed by atoms with Crippen molar-refractivity contribution in [3.63, 3.8) is 0 Å². The second-order valence-electron chi connectivity index (χ2n) is 8.96. The first-order valence-electron chi connectivity index (χ1n) is 11.8. The second kappa shape index (κ2) is 9.59. The summed E-state index contributed by atoms with van der Waals surface area (Å²) in [5, 5.41) is 8.75. The monoisotopic (exact) mass is 500 g/mol. The van der Waals surface area contributed by atoms with Gasteiger partial charge in [-0.15, -0.1) is 11.3 Å². The van der Waals surface area contributed by atoms with Gasteiger partial charge in [-0.2, -0.15) is 9.29 Å². The third-order valence-electron chi connectivity index (χ3n) is 6.78. The predicted molar refractivity (Wildman–Crippen MR) is 130 cm³/mol. The van der Waals surface area contributed by atoms with Gasteiger partial charge in [-0.25, -0.2) is 8.42 Å². The van der Waals surface area contributed by atoms with Crippen LogP contribution in [-0.2, 0) is 21.2 Å². The second-order valence-corrected chi connectivity index (χ2v) is 12.0. The molecule has 34 heavy (non-hydrogen) atoms. The third-order valence-corrected chi connectivity index (χ3v) is 10.1. The zero-order valence-corrected chi connectivity index (χ0v) is 20.7. The van der Waals surface area contributed by atoms with Crippen molar-refractivity contribution in [2.75, 3.05) is 18.4 Å². The molecule has 1 saturated carbocycles. The van der Waals surface area contributed by atoms with Crippen LogP contribution in [0.15, 0.2) is 44.4 Å². The fraction of sp³-hybridized carbons (Fsp3) is 0.458. The molecular weight excluding hydrogens is 472 g/mol. The maximum Gasteiger partial charge on any atom is 0.252 e. The first kappa shape index (κ1) is 23.2. The van der Waals surface area contributed by atoms with Crippen molar-refractivity contribution in [2.24, 2.45) is 5.92 Å². The van der Waals surface area contributed by atoms with Crippen molar-refractivity contribution in [3.8, 4) is 11.4 Å². The molecule has 2 aliphatic rings. The van der Waals surface area contributed by atoms with Crippen LogP contribution in [0.3, 0.4) is 0 Å². The van der Waals surface area contributed by atoms with Gasteiger partial charge in [-0.05, 0) is 55.9 Å². The van der Waals surface area contributed by atoms with E-state index in [1.807, 2.05) is 24.3 Å². The molecule has 1 N–H and O–H groups in total. The minimum Gasteiger partial charge on any atom is -0.339 e. The first-order valence-corrected chi connectivity index (χ1v) is 14.1. The number of benzene rings is 1. The molecule has 2 aromatic heterocycles. The van der Waals surface area contributed by atoms with Crippen molar-refractivity contribution in [1.29, 1.82) is 0 Å². The largest absolute Gasteiger partial charge is 0.339 e. The van der Waals surface area contributed by atoms with E-state index in [1.165, 1.54) is 16.3 Å². The summed E-state index contributed by atoms with van der Waals surface area (Å²) in [6.45, 7) is 2.72. The third kappa shape index (κ3) is 4.67. The summed E-state index contributed by atoms with van der Waals surface area (Å²) >= 11 is 1.16. The Balaban J connectivity index is 1.19. The number of aryl methyl sites for hydroxylation is 1. The molecule has 0 radical (unpaired) electrons. The maximum absolute atomic E-state index is 13.2. The molecule has 1 saturated heterocycles. The molecule has 1 aromatic carbocycles. The topological polar surface area (TPSA) is 105 Å². The van der Waals surface area contributed by atoms with Crippen LogP contribution in [0.1, 0.15) is 56.4 Å². The summed E-state index contributed by atoms with van der Waals surface area (Å²) in [6.07, 6.45) is 5.23. The highest BCUT2D eigenvalue weighted by Crippen LogP contribution is 2.37. The Hall–Kier alpha value is -2.56. The number of sulfonamides is 1. The lowest BCUT2D eigenvalue weighted by molar-refractivity contribution is -0.120. The number of anilines is 1. The van der Waals surface area contributed by atoms with Gasteiger partial charge in [0.05, 0.1) is 0 Å². The molecule has 1 aliphatic heterocycles. The number of nitrogens with one attached hydrogen (secondary N) is 1. The zero-order valence-electron chi connectivity index (χ0n) is 19.1. The highest BCUT2D eigenvalue weighted by molar-refractivity contribution is 7.91. The SMILES string of the molecule is CCc1ccc(NC(=O)C2CCN(S(=O)(=O)c3cc(-c4noc(C5CCC5)n4)cs3)CC2)cc1. The zero-order chi connectivity index (χ0) is 23.7. The number of aromatic nitrogens is 2.